The van der Waals surface area contributed by atoms with Gasteiger partial charge in [-0.1, -0.05) is 75.9 Å². The standard InChI is InChI=1S/C22H31N/c1-5-6-7-9-12-18(2)21-17-20(15-16-22(21)23(3)4)19-13-10-8-11-14-19/h8,10-11,13-18H,5-7,9,12H2,1-4H3. The Morgan fingerprint density at radius 3 is 2.26 bits per heavy atom. The van der Waals surface area contributed by atoms with Crippen molar-refractivity contribution in [3.05, 3.63) is 54.1 Å². The van der Waals surface area contributed by atoms with Crippen molar-refractivity contribution in [3.8, 4) is 11.1 Å². The summed E-state index contributed by atoms with van der Waals surface area (Å²) in [7, 11) is 4.29. The van der Waals surface area contributed by atoms with Crippen LogP contribution in [-0.4, -0.2) is 14.1 Å². The molecule has 2 aromatic rings. The van der Waals surface area contributed by atoms with Crippen LogP contribution in [0.5, 0.6) is 0 Å². The van der Waals surface area contributed by atoms with Crippen molar-refractivity contribution in [2.24, 2.45) is 0 Å². The lowest BCUT2D eigenvalue weighted by Crippen LogP contribution is -2.12. The van der Waals surface area contributed by atoms with Gasteiger partial charge in [0, 0.05) is 19.8 Å². The summed E-state index contributed by atoms with van der Waals surface area (Å²) in [4.78, 5) is 2.24. The van der Waals surface area contributed by atoms with E-state index in [4.69, 9.17) is 0 Å². The van der Waals surface area contributed by atoms with Gasteiger partial charge in [-0.2, -0.15) is 0 Å². The molecule has 1 nitrogen and oxygen atoms in total. The summed E-state index contributed by atoms with van der Waals surface area (Å²) in [6.07, 6.45) is 6.63. The maximum absolute atomic E-state index is 2.40. The van der Waals surface area contributed by atoms with E-state index >= 15 is 0 Å². The van der Waals surface area contributed by atoms with Crippen LogP contribution in [0.3, 0.4) is 0 Å². The zero-order chi connectivity index (χ0) is 16.7. The molecular weight excluding hydrogens is 278 g/mol. The van der Waals surface area contributed by atoms with Gasteiger partial charge in [0.05, 0.1) is 0 Å². The van der Waals surface area contributed by atoms with Crippen LogP contribution in [-0.2, 0) is 0 Å². The normalized spacial score (nSPS) is 12.2. The first kappa shape index (κ1) is 17.6. The molecule has 1 heteroatoms. The summed E-state index contributed by atoms with van der Waals surface area (Å²) < 4.78 is 0. The molecule has 0 amide bonds. The number of benzene rings is 2. The molecule has 0 radical (unpaired) electrons. The monoisotopic (exact) mass is 309 g/mol. The van der Waals surface area contributed by atoms with Gasteiger partial charge >= 0.3 is 0 Å². The van der Waals surface area contributed by atoms with Crippen molar-refractivity contribution < 1.29 is 0 Å². The third-order valence-electron chi connectivity index (χ3n) is 4.64. The lowest BCUT2D eigenvalue weighted by Gasteiger charge is -2.23. The molecule has 0 saturated carbocycles. The summed E-state index contributed by atoms with van der Waals surface area (Å²) in [5, 5.41) is 0. The van der Waals surface area contributed by atoms with Crippen LogP contribution in [0.25, 0.3) is 11.1 Å². The minimum atomic E-state index is 0.605. The van der Waals surface area contributed by atoms with E-state index in [1.807, 2.05) is 0 Å². The molecule has 23 heavy (non-hydrogen) atoms. The molecular formula is C22H31N. The number of anilines is 1. The van der Waals surface area contributed by atoms with Crippen molar-refractivity contribution in [2.45, 2.75) is 51.9 Å². The fraction of sp³-hybridized carbons (Fsp3) is 0.455. The molecule has 0 spiro atoms. The third-order valence-corrected chi connectivity index (χ3v) is 4.64. The van der Waals surface area contributed by atoms with E-state index in [-0.39, 0.29) is 0 Å². The van der Waals surface area contributed by atoms with Crippen LogP contribution in [0.1, 0.15) is 57.4 Å². The van der Waals surface area contributed by atoms with E-state index in [0.29, 0.717) is 5.92 Å². The molecule has 2 aromatic carbocycles. The minimum Gasteiger partial charge on any atom is -0.377 e. The maximum Gasteiger partial charge on any atom is 0.0396 e. The fourth-order valence-electron chi connectivity index (χ4n) is 3.20. The Hall–Kier alpha value is -1.76. The largest absolute Gasteiger partial charge is 0.377 e. The quantitative estimate of drug-likeness (QED) is 0.503. The zero-order valence-corrected chi connectivity index (χ0v) is 15.2. The lowest BCUT2D eigenvalue weighted by atomic mass is 9.90. The van der Waals surface area contributed by atoms with Crippen molar-refractivity contribution in [3.63, 3.8) is 0 Å². The van der Waals surface area contributed by atoms with E-state index in [9.17, 15) is 0 Å². The van der Waals surface area contributed by atoms with Gasteiger partial charge in [-0.05, 0) is 41.2 Å². The molecule has 0 bridgehead atoms. The van der Waals surface area contributed by atoms with Gasteiger partial charge in [0.25, 0.3) is 0 Å². The smallest absolute Gasteiger partial charge is 0.0396 e. The highest BCUT2D eigenvalue weighted by Gasteiger charge is 2.13. The van der Waals surface area contributed by atoms with Crippen LogP contribution in [0.2, 0.25) is 0 Å². The predicted octanol–water partition coefficient (Wildman–Crippen LogP) is 6.49. The molecule has 124 valence electrons. The Kier molecular flexibility index (Phi) is 6.70. The number of nitrogens with zero attached hydrogens (tertiary/aromatic N) is 1. The number of unbranched alkanes of at least 4 members (excludes halogenated alkanes) is 3. The summed E-state index contributed by atoms with van der Waals surface area (Å²) in [6, 6.07) is 17.6. The first-order valence-corrected chi connectivity index (χ1v) is 9.00. The average molecular weight is 309 g/mol. The highest BCUT2D eigenvalue weighted by atomic mass is 15.1. The van der Waals surface area contributed by atoms with E-state index in [1.54, 1.807) is 0 Å². The lowest BCUT2D eigenvalue weighted by molar-refractivity contribution is 0.580. The van der Waals surface area contributed by atoms with Gasteiger partial charge in [0.1, 0.15) is 0 Å². The van der Waals surface area contributed by atoms with Gasteiger partial charge in [-0.25, -0.2) is 0 Å². The molecule has 0 aliphatic heterocycles. The van der Waals surface area contributed by atoms with E-state index in [2.05, 4.69) is 81.4 Å². The van der Waals surface area contributed by atoms with Gasteiger partial charge in [0.2, 0.25) is 0 Å². The molecule has 0 heterocycles. The summed E-state index contributed by atoms with van der Waals surface area (Å²) in [6.45, 7) is 4.65. The first-order valence-electron chi connectivity index (χ1n) is 9.00. The second-order valence-corrected chi connectivity index (χ2v) is 6.78. The van der Waals surface area contributed by atoms with Crippen LogP contribution < -0.4 is 4.90 Å². The van der Waals surface area contributed by atoms with E-state index in [0.717, 1.165) is 0 Å². The fourth-order valence-corrected chi connectivity index (χ4v) is 3.20. The molecule has 1 unspecified atom stereocenters. The van der Waals surface area contributed by atoms with Crippen molar-refractivity contribution in [1.82, 2.24) is 0 Å². The van der Waals surface area contributed by atoms with Crippen molar-refractivity contribution in [2.75, 3.05) is 19.0 Å². The van der Waals surface area contributed by atoms with Crippen LogP contribution >= 0.6 is 0 Å². The van der Waals surface area contributed by atoms with Crippen molar-refractivity contribution in [1.29, 1.82) is 0 Å². The Labute approximate surface area is 142 Å². The summed E-state index contributed by atoms with van der Waals surface area (Å²) >= 11 is 0. The Morgan fingerprint density at radius 1 is 0.870 bits per heavy atom. The SMILES string of the molecule is CCCCCCC(C)c1cc(-c2ccccc2)ccc1N(C)C. The Bertz CT molecular complexity index is 586. The number of hydrogen-bond acceptors (Lipinski definition) is 1. The van der Waals surface area contributed by atoms with E-state index < -0.39 is 0 Å². The number of hydrogen-bond donors (Lipinski definition) is 0. The first-order chi connectivity index (χ1) is 11.1. The topological polar surface area (TPSA) is 3.24 Å². The Balaban J connectivity index is 2.23. The molecule has 1 atom stereocenters. The highest BCUT2D eigenvalue weighted by molar-refractivity contribution is 5.69. The van der Waals surface area contributed by atoms with Gasteiger partial charge in [-0.3, -0.25) is 0 Å². The van der Waals surface area contributed by atoms with Crippen LogP contribution in [0.4, 0.5) is 5.69 Å². The molecule has 0 aliphatic rings. The minimum absolute atomic E-state index is 0.605. The van der Waals surface area contributed by atoms with Gasteiger partial charge in [0.15, 0.2) is 0 Å². The molecule has 0 fully saturated rings. The van der Waals surface area contributed by atoms with Crippen LogP contribution in [0, 0.1) is 0 Å². The maximum atomic E-state index is 2.40. The second-order valence-electron chi connectivity index (χ2n) is 6.78. The van der Waals surface area contributed by atoms with Crippen LogP contribution in [0.15, 0.2) is 48.5 Å². The molecule has 0 aromatic heterocycles. The molecule has 0 N–H and O–H groups in total. The molecule has 0 saturated heterocycles. The molecule has 2 rings (SSSR count). The third kappa shape index (κ3) is 4.86. The summed E-state index contributed by atoms with van der Waals surface area (Å²) in [5.41, 5.74) is 5.46. The second kappa shape index (κ2) is 8.76. The Morgan fingerprint density at radius 2 is 1.61 bits per heavy atom. The average Bonchev–Trinajstić information content (AvgIpc) is 2.58. The van der Waals surface area contributed by atoms with E-state index in [1.165, 1.54) is 54.5 Å². The van der Waals surface area contributed by atoms with Gasteiger partial charge < -0.3 is 4.90 Å². The summed E-state index contributed by atoms with van der Waals surface area (Å²) in [5.74, 6) is 0.605. The van der Waals surface area contributed by atoms with Crippen molar-refractivity contribution >= 4 is 5.69 Å². The highest BCUT2D eigenvalue weighted by Crippen LogP contribution is 2.34. The molecule has 0 aliphatic carbocycles. The zero-order valence-electron chi connectivity index (χ0n) is 15.2. The predicted molar refractivity (Wildman–Crippen MR) is 103 cm³/mol. The van der Waals surface area contributed by atoms with Gasteiger partial charge in [-0.15, -0.1) is 0 Å². The number of rotatable bonds is 8.